The zero-order valence-corrected chi connectivity index (χ0v) is 17.1. The van der Waals surface area contributed by atoms with Crippen LogP contribution in [0.5, 0.6) is 5.75 Å². The van der Waals surface area contributed by atoms with Gasteiger partial charge >= 0.3 is 0 Å². The number of methoxy groups -OCH3 is 1. The third kappa shape index (κ3) is 3.52. The van der Waals surface area contributed by atoms with Gasteiger partial charge in [0.1, 0.15) is 16.9 Å². The van der Waals surface area contributed by atoms with Crippen LogP contribution in [0.4, 0.5) is 5.69 Å². The summed E-state index contributed by atoms with van der Waals surface area (Å²) in [5, 5.41) is 4.90. The van der Waals surface area contributed by atoms with Gasteiger partial charge in [0.2, 0.25) is 5.91 Å². The molecule has 7 nitrogen and oxygen atoms in total. The van der Waals surface area contributed by atoms with Crippen LogP contribution in [0.2, 0.25) is 0 Å². The van der Waals surface area contributed by atoms with Gasteiger partial charge in [-0.05, 0) is 37.1 Å². The molecule has 7 heteroatoms. The number of rotatable bonds is 4. The number of hydrogen-bond acceptors (Lipinski definition) is 5. The van der Waals surface area contributed by atoms with Crippen LogP contribution in [0.3, 0.4) is 0 Å². The van der Waals surface area contributed by atoms with Crippen molar-refractivity contribution >= 4 is 39.4 Å². The third-order valence-electron chi connectivity index (χ3n) is 5.77. The Hall–Kier alpha value is -3.74. The molecule has 1 atom stereocenters. The molecule has 0 unspecified atom stereocenters. The van der Waals surface area contributed by atoms with Gasteiger partial charge in [0, 0.05) is 29.9 Å². The fourth-order valence-electron chi connectivity index (χ4n) is 4.18. The van der Waals surface area contributed by atoms with Gasteiger partial charge in [-0.2, -0.15) is 0 Å². The van der Waals surface area contributed by atoms with Crippen molar-refractivity contribution in [1.29, 1.82) is 0 Å². The smallest absolute Gasteiger partial charge is 0.289 e. The Morgan fingerprint density at radius 1 is 1.10 bits per heavy atom. The van der Waals surface area contributed by atoms with Crippen molar-refractivity contribution in [1.82, 2.24) is 4.90 Å². The SMILES string of the molecule is COc1cc2c(cc1NC(=O)[C@H]1CCCN(C(=O)c3ccco3)C1)oc1ccccc12. The lowest BCUT2D eigenvalue weighted by Crippen LogP contribution is -2.43. The Labute approximate surface area is 178 Å². The topological polar surface area (TPSA) is 84.9 Å². The van der Waals surface area contributed by atoms with Gasteiger partial charge < -0.3 is 23.8 Å². The molecule has 1 fully saturated rings. The molecule has 5 rings (SSSR count). The van der Waals surface area contributed by atoms with E-state index < -0.39 is 0 Å². The molecule has 0 radical (unpaired) electrons. The van der Waals surface area contributed by atoms with Crippen LogP contribution < -0.4 is 10.1 Å². The number of carbonyl (C=O) groups is 2. The van der Waals surface area contributed by atoms with Crippen LogP contribution in [0.25, 0.3) is 21.9 Å². The Bertz CT molecular complexity index is 1260. The van der Waals surface area contributed by atoms with E-state index in [0.717, 1.165) is 22.8 Å². The van der Waals surface area contributed by atoms with Gasteiger partial charge in [-0.3, -0.25) is 9.59 Å². The van der Waals surface area contributed by atoms with Crippen LogP contribution in [0, 0.1) is 5.92 Å². The van der Waals surface area contributed by atoms with E-state index in [9.17, 15) is 9.59 Å². The lowest BCUT2D eigenvalue weighted by Gasteiger charge is -2.31. The quantitative estimate of drug-likeness (QED) is 0.520. The van der Waals surface area contributed by atoms with Crippen molar-refractivity contribution in [2.45, 2.75) is 12.8 Å². The summed E-state index contributed by atoms with van der Waals surface area (Å²) >= 11 is 0. The van der Waals surface area contributed by atoms with Crippen molar-refractivity contribution in [3.05, 3.63) is 60.6 Å². The van der Waals surface area contributed by atoms with E-state index in [1.54, 1.807) is 30.2 Å². The maximum absolute atomic E-state index is 13.0. The molecule has 4 aromatic rings. The molecular weight excluding hydrogens is 396 g/mol. The molecule has 1 aliphatic rings. The van der Waals surface area contributed by atoms with Crippen LogP contribution in [-0.4, -0.2) is 36.9 Å². The molecule has 0 spiro atoms. The number of likely N-dealkylation sites (tertiary alicyclic amines) is 1. The second-order valence-corrected chi connectivity index (χ2v) is 7.70. The summed E-state index contributed by atoms with van der Waals surface area (Å²) in [6.07, 6.45) is 2.94. The first-order valence-electron chi connectivity index (χ1n) is 10.3. The lowest BCUT2D eigenvalue weighted by molar-refractivity contribution is -0.121. The minimum Gasteiger partial charge on any atom is -0.495 e. The van der Waals surface area contributed by atoms with E-state index in [1.807, 2.05) is 30.3 Å². The number of nitrogens with one attached hydrogen (secondary N) is 1. The molecule has 0 saturated carbocycles. The van der Waals surface area contributed by atoms with Crippen LogP contribution >= 0.6 is 0 Å². The lowest BCUT2D eigenvalue weighted by atomic mass is 9.96. The number of fused-ring (bicyclic) bond motifs is 3. The van der Waals surface area contributed by atoms with Crippen molar-refractivity contribution in [3.63, 3.8) is 0 Å². The first-order chi connectivity index (χ1) is 15.1. The number of amides is 2. The highest BCUT2D eigenvalue weighted by molar-refractivity contribution is 6.08. The summed E-state index contributed by atoms with van der Waals surface area (Å²) in [6.45, 7) is 0.956. The summed E-state index contributed by atoms with van der Waals surface area (Å²) in [4.78, 5) is 27.3. The van der Waals surface area contributed by atoms with Crippen LogP contribution in [0.15, 0.2) is 63.6 Å². The summed E-state index contributed by atoms with van der Waals surface area (Å²) in [6, 6.07) is 14.8. The Morgan fingerprint density at radius 2 is 1.97 bits per heavy atom. The predicted octanol–water partition coefficient (Wildman–Crippen LogP) is 4.68. The fraction of sp³-hybridized carbons (Fsp3) is 0.250. The number of para-hydroxylation sites is 1. The summed E-state index contributed by atoms with van der Waals surface area (Å²) in [5.74, 6) is 0.197. The minimum atomic E-state index is -0.316. The molecule has 1 aliphatic heterocycles. The van der Waals surface area contributed by atoms with E-state index in [4.69, 9.17) is 13.6 Å². The number of anilines is 1. The van der Waals surface area contributed by atoms with E-state index in [1.165, 1.54) is 6.26 Å². The van der Waals surface area contributed by atoms with Crippen LogP contribution in [-0.2, 0) is 4.79 Å². The molecule has 0 bridgehead atoms. The Kier molecular flexibility index (Phi) is 4.86. The zero-order valence-electron chi connectivity index (χ0n) is 17.1. The molecule has 0 aliphatic carbocycles. The van der Waals surface area contributed by atoms with Crippen molar-refractivity contribution < 1.29 is 23.2 Å². The van der Waals surface area contributed by atoms with Crippen molar-refractivity contribution in [3.8, 4) is 5.75 Å². The largest absolute Gasteiger partial charge is 0.495 e. The zero-order chi connectivity index (χ0) is 21.4. The van der Waals surface area contributed by atoms with E-state index in [2.05, 4.69) is 5.32 Å². The van der Waals surface area contributed by atoms with Gasteiger partial charge in [-0.15, -0.1) is 0 Å². The van der Waals surface area contributed by atoms with Gasteiger partial charge in [0.05, 0.1) is 25.0 Å². The summed E-state index contributed by atoms with van der Waals surface area (Å²) in [7, 11) is 1.57. The number of carbonyl (C=O) groups excluding carboxylic acids is 2. The number of ether oxygens (including phenoxy) is 1. The number of nitrogens with zero attached hydrogens (tertiary/aromatic N) is 1. The van der Waals surface area contributed by atoms with Crippen molar-refractivity contribution in [2.75, 3.05) is 25.5 Å². The van der Waals surface area contributed by atoms with Gasteiger partial charge in [-0.1, -0.05) is 18.2 Å². The number of furan rings is 2. The Balaban J connectivity index is 1.38. The summed E-state index contributed by atoms with van der Waals surface area (Å²) in [5.41, 5.74) is 2.01. The molecule has 2 amide bonds. The monoisotopic (exact) mass is 418 g/mol. The Morgan fingerprint density at radius 3 is 2.77 bits per heavy atom. The highest BCUT2D eigenvalue weighted by Crippen LogP contribution is 2.36. The third-order valence-corrected chi connectivity index (χ3v) is 5.77. The average Bonchev–Trinajstić information content (AvgIpc) is 3.46. The van der Waals surface area contributed by atoms with E-state index >= 15 is 0 Å². The van der Waals surface area contributed by atoms with E-state index in [-0.39, 0.29) is 23.5 Å². The minimum absolute atomic E-state index is 0.147. The highest BCUT2D eigenvalue weighted by atomic mass is 16.5. The van der Waals surface area contributed by atoms with Gasteiger partial charge in [0.15, 0.2) is 5.76 Å². The molecule has 31 heavy (non-hydrogen) atoms. The number of hydrogen-bond donors (Lipinski definition) is 1. The predicted molar refractivity (Wildman–Crippen MR) is 116 cm³/mol. The molecule has 1 N–H and O–H groups in total. The average molecular weight is 418 g/mol. The molecule has 158 valence electrons. The summed E-state index contributed by atoms with van der Waals surface area (Å²) < 4.78 is 16.7. The molecule has 2 aromatic carbocycles. The number of piperidine rings is 1. The second kappa shape index (κ2) is 7.83. The van der Waals surface area contributed by atoms with Crippen molar-refractivity contribution in [2.24, 2.45) is 5.92 Å². The molecular formula is C24H22N2O5. The highest BCUT2D eigenvalue weighted by Gasteiger charge is 2.30. The van der Waals surface area contributed by atoms with Gasteiger partial charge in [0.25, 0.3) is 5.91 Å². The second-order valence-electron chi connectivity index (χ2n) is 7.70. The number of benzene rings is 2. The molecule has 1 saturated heterocycles. The fourth-order valence-corrected chi connectivity index (χ4v) is 4.18. The van der Waals surface area contributed by atoms with Gasteiger partial charge in [-0.25, -0.2) is 0 Å². The van der Waals surface area contributed by atoms with E-state index in [0.29, 0.717) is 36.5 Å². The first kappa shape index (κ1) is 19.2. The standard InChI is InChI=1S/C24H22N2O5/c1-29-22-12-17-16-7-2-3-8-19(16)31-21(17)13-18(22)25-23(27)15-6-4-10-26(14-15)24(28)20-9-5-11-30-20/h2-3,5,7-9,11-13,15H,4,6,10,14H2,1H3,(H,25,27)/t15-/m0/s1. The first-order valence-corrected chi connectivity index (χ1v) is 10.3. The molecule has 3 heterocycles. The normalized spacial score (nSPS) is 16.5. The van der Waals surface area contributed by atoms with Crippen LogP contribution in [0.1, 0.15) is 23.4 Å². The molecule has 2 aromatic heterocycles. The maximum Gasteiger partial charge on any atom is 0.289 e. The maximum atomic E-state index is 13.0.